The molecule has 2 rings (SSSR count). The maximum atomic E-state index is 13.4. The van der Waals surface area contributed by atoms with Crippen molar-refractivity contribution < 1.29 is 14.1 Å². The van der Waals surface area contributed by atoms with E-state index in [2.05, 4.69) is 10.3 Å². The number of amides is 1. The van der Waals surface area contributed by atoms with Gasteiger partial charge in [0.2, 0.25) is 0 Å². The number of hydrogen-bond donors (Lipinski definition) is 2. The van der Waals surface area contributed by atoms with Gasteiger partial charge in [-0.05, 0) is 6.07 Å². The molecule has 1 amide bonds. The van der Waals surface area contributed by atoms with Gasteiger partial charge in [0.05, 0.1) is 11.1 Å². The standard InChI is InChI=1S/C13H10FN3O4/c14-11-4-2-1-3-8(11)6-15-12(18)10-5-9(17(20)21)7-16-13(10)19/h1-5,7H,6H2,(H,15,18)(H,16,19). The van der Waals surface area contributed by atoms with Gasteiger partial charge in [0.25, 0.3) is 17.2 Å². The molecule has 0 spiro atoms. The van der Waals surface area contributed by atoms with Crippen LogP contribution in [0.3, 0.4) is 0 Å². The summed E-state index contributed by atoms with van der Waals surface area (Å²) in [5.74, 6) is -1.31. The van der Waals surface area contributed by atoms with Crippen molar-refractivity contribution in [3.63, 3.8) is 0 Å². The number of benzene rings is 1. The summed E-state index contributed by atoms with van der Waals surface area (Å²) in [5, 5.41) is 13.0. The Balaban J connectivity index is 2.17. The molecule has 0 bridgehead atoms. The summed E-state index contributed by atoms with van der Waals surface area (Å²) < 4.78 is 13.4. The predicted molar refractivity (Wildman–Crippen MR) is 71.3 cm³/mol. The van der Waals surface area contributed by atoms with E-state index in [0.717, 1.165) is 12.3 Å². The molecule has 0 aliphatic rings. The highest BCUT2D eigenvalue weighted by atomic mass is 19.1. The first-order chi connectivity index (χ1) is 9.99. The molecule has 8 heteroatoms. The van der Waals surface area contributed by atoms with E-state index in [-0.39, 0.29) is 12.1 Å². The fourth-order valence-electron chi connectivity index (χ4n) is 1.66. The number of carbonyl (C=O) groups is 1. The number of carbonyl (C=O) groups excluding carboxylic acids is 1. The molecule has 0 unspecified atom stereocenters. The third-order valence-electron chi connectivity index (χ3n) is 2.74. The van der Waals surface area contributed by atoms with E-state index >= 15 is 0 Å². The number of aromatic nitrogens is 1. The Morgan fingerprint density at radius 2 is 2.10 bits per heavy atom. The molecule has 0 atom stereocenters. The van der Waals surface area contributed by atoms with Crippen LogP contribution in [0.25, 0.3) is 0 Å². The quantitative estimate of drug-likeness (QED) is 0.655. The van der Waals surface area contributed by atoms with E-state index in [1.165, 1.54) is 18.2 Å². The monoisotopic (exact) mass is 291 g/mol. The van der Waals surface area contributed by atoms with Gasteiger partial charge < -0.3 is 10.3 Å². The molecule has 2 aromatic rings. The highest BCUT2D eigenvalue weighted by molar-refractivity contribution is 5.94. The fourth-order valence-corrected chi connectivity index (χ4v) is 1.66. The van der Waals surface area contributed by atoms with E-state index < -0.39 is 33.5 Å². The van der Waals surface area contributed by atoms with Crippen LogP contribution >= 0.6 is 0 Å². The van der Waals surface area contributed by atoms with Crippen molar-refractivity contribution in [2.24, 2.45) is 0 Å². The molecule has 1 aromatic carbocycles. The number of aromatic amines is 1. The molecule has 0 saturated heterocycles. The summed E-state index contributed by atoms with van der Waals surface area (Å²) in [4.78, 5) is 35.3. The Kier molecular flexibility index (Phi) is 4.07. The number of nitrogens with zero attached hydrogens (tertiary/aromatic N) is 1. The number of rotatable bonds is 4. The average Bonchev–Trinajstić information content (AvgIpc) is 2.46. The molecule has 108 valence electrons. The van der Waals surface area contributed by atoms with Crippen molar-refractivity contribution in [3.05, 3.63) is 73.9 Å². The van der Waals surface area contributed by atoms with Crippen LogP contribution in [-0.4, -0.2) is 15.8 Å². The molecule has 2 N–H and O–H groups in total. The molecule has 0 fully saturated rings. The van der Waals surface area contributed by atoms with Crippen LogP contribution in [0, 0.1) is 15.9 Å². The minimum Gasteiger partial charge on any atom is -0.348 e. The zero-order valence-electron chi connectivity index (χ0n) is 10.6. The maximum Gasteiger partial charge on any atom is 0.286 e. The number of nitro groups is 1. The zero-order chi connectivity index (χ0) is 15.4. The lowest BCUT2D eigenvalue weighted by Gasteiger charge is -2.05. The number of hydrogen-bond acceptors (Lipinski definition) is 4. The van der Waals surface area contributed by atoms with Crippen molar-refractivity contribution in [2.75, 3.05) is 0 Å². The topological polar surface area (TPSA) is 105 Å². The molecular formula is C13H10FN3O4. The second kappa shape index (κ2) is 5.95. The Morgan fingerprint density at radius 3 is 2.76 bits per heavy atom. The summed E-state index contributed by atoms with van der Waals surface area (Å²) in [6, 6.07) is 6.70. The molecule has 0 radical (unpaired) electrons. The van der Waals surface area contributed by atoms with Gasteiger partial charge >= 0.3 is 0 Å². The van der Waals surface area contributed by atoms with Crippen LogP contribution in [0.1, 0.15) is 15.9 Å². The summed E-state index contributed by atoms with van der Waals surface area (Å²) in [5.41, 5.74) is -1.33. The first kappa shape index (κ1) is 14.4. The van der Waals surface area contributed by atoms with Gasteiger partial charge in [-0.25, -0.2) is 4.39 Å². The summed E-state index contributed by atoms with van der Waals surface area (Å²) in [6.07, 6.45) is 0.899. The van der Waals surface area contributed by atoms with Crippen molar-refractivity contribution in [1.82, 2.24) is 10.3 Å². The van der Waals surface area contributed by atoms with Crippen molar-refractivity contribution >= 4 is 11.6 Å². The smallest absolute Gasteiger partial charge is 0.286 e. The number of H-pyrrole nitrogens is 1. The van der Waals surface area contributed by atoms with Crippen molar-refractivity contribution in [2.45, 2.75) is 6.54 Å². The predicted octanol–water partition coefficient (Wildman–Crippen LogP) is 1.35. The first-order valence-corrected chi connectivity index (χ1v) is 5.88. The lowest BCUT2D eigenvalue weighted by Crippen LogP contribution is -2.29. The van der Waals surface area contributed by atoms with Crippen LogP contribution in [-0.2, 0) is 6.54 Å². The normalized spacial score (nSPS) is 10.1. The minimum atomic E-state index is -0.816. The lowest BCUT2D eigenvalue weighted by atomic mass is 10.2. The Labute approximate surface area is 117 Å². The molecule has 21 heavy (non-hydrogen) atoms. The van der Waals surface area contributed by atoms with Crippen LogP contribution in [0.2, 0.25) is 0 Å². The van der Waals surface area contributed by atoms with Gasteiger partial charge in [-0.2, -0.15) is 0 Å². The minimum absolute atomic E-state index is 0.131. The largest absolute Gasteiger partial charge is 0.348 e. The summed E-state index contributed by atoms with van der Waals surface area (Å²) in [7, 11) is 0. The highest BCUT2D eigenvalue weighted by Crippen LogP contribution is 2.09. The van der Waals surface area contributed by atoms with E-state index in [9.17, 15) is 24.1 Å². The van der Waals surface area contributed by atoms with Gasteiger partial charge in [-0.15, -0.1) is 0 Å². The van der Waals surface area contributed by atoms with Crippen LogP contribution in [0.5, 0.6) is 0 Å². The highest BCUT2D eigenvalue weighted by Gasteiger charge is 2.16. The summed E-state index contributed by atoms with van der Waals surface area (Å²) >= 11 is 0. The van der Waals surface area contributed by atoms with Gasteiger partial charge in [0, 0.05) is 18.2 Å². The molecule has 0 aliphatic carbocycles. The van der Waals surface area contributed by atoms with Crippen LogP contribution in [0.15, 0.2) is 41.3 Å². The van der Waals surface area contributed by atoms with Gasteiger partial charge in [0.1, 0.15) is 11.4 Å². The van der Waals surface area contributed by atoms with E-state index in [4.69, 9.17) is 0 Å². The zero-order valence-corrected chi connectivity index (χ0v) is 10.6. The summed E-state index contributed by atoms with van der Waals surface area (Å²) in [6.45, 7) is -0.131. The van der Waals surface area contributed by atoms with Gasteiger partial charge in [-0.1, -0.05) is 18.2 Å². The molecule has 0 aliphatic heterocycles. The Bertz CT molecular complexity index is 757. The fraction of sp³-hybridized carbons (Fsp3) is 0.0769. The van der Waals surface area contributed by atoms with Crippen LogP contribution < -0.4 is 10.9 Å². The molecule has 0 saturated carbocycles. The Morgan fingerprint density at radius 1 is 1.38 bits per heavy atom. The molecule has 7 nitrogen and oxygen atoms in total. The van der Waals surface area contributed by atoms with Crippen LogP contribution in [0.4, 0.5) is 10.1 Å². The number of nitrogens with one attached hydrogen (secondary N) is 2. The second-order valence-corrected chi connectivity index (χ2v) is 4.13. The van der Waals surface area contributed by atoms with Crippen molar-refractivity contribution in [3.8, 4) is 0 Å². The first-order valence-electron chi connectivity index (χ1n) is 5.88. The third kappa shape index (κ3) is 3.30. The van der Waals surface area contributed by atoms with Gasteiger partial charge in [0.15, 0.2) is 0 Å². The lowest BCUT2D eigenvalue weighted by molar-refractivity contribution is -0.385. The third-order valence-corrected chi connectivity index (χ3v) is 2.74. The molecule has 1 aromatic heterocycles. The second-order valence-electron chi connectivity index (χ2n) is 4.13. The number of halogens is 1. The van der Waals surface area contributed by atoms with Crippen molar-refractivity contribution in [1.29, 1.82) is 0 Å². The SMILES string of the molecule is O=C(NCc1ccccc1F)c1cc([N+](=O)[O-])c[nH]c1=O. The molecular weight excluding hydrogens is 281 g/mol. The van der Waals surface area contributed by atoms with E-state index in [1.807, 2.05) is 0 Å². The van der Waals surface area contributed by atoms with Gasteiger partial charge in [-0.3, -0.25) is 19.7 Å². The Hall–Kier alpha value is -3.03. The van der Waals surface area contributed by atoms with E-state index in [1.54, 1.807) is 6.07 Å². The maximum absolute atomic E-state index is 13.4. The molecule has 1 heterocycles. The number of pyridine rings is 1. The van der Waals surface area contributed by atoms with E-state index in [0.29, 0.717) is 0 Å². The average molecular weight is 291 g/mol.